The van der Waals surface area contributed by atoms with E-state index in [0.717, 1.165) is 13.0 Å². The lowest BCUT2D eigenvalue weighted by Gasteiger charge is -2.17. The Hall–Kier alpha value is -1.95. The fourth-order valence-corrected chi connectivity index (χ4v) is 1.98. The number of benzene rings is 1. The van der Waals surface area contributed by atoms with Crippen LogP contribution >= 0.6 is 0 Å². The molecule has 3 N–H and O–H groups in total. The second-order valence-electron chi connectivity index (χ2n) is 5.26. The summed E-state index contributed by atoms with van der Waals surface area (Å²) in [5.74, 6) is 0.956. The summed E-state index contributed by atoms with van der Waals surface area (Å²) in [5, 5.41) is 2.94. The number of fused-ring (bicyclic) bond motifs is 1. The van der Waals surface area contributed by atoms with E-state index in [1.165, 1.54) is 0 Å². The molecule has 0 fully saturated rings. The fraction of sp³-hybridized carbons (Fsp3) is 0.500. The highest BCUT2D eigenvalue weighted by atomic mass is 16.7. The predicted octanol–water partition coefficient (Wildman–Crippen LogP) is 1.07. The minimum atomic E-state index is -0.188. The van der Waals surface area contributed by atoms with Gasteiger partial charge in [0.25, 0.3) is 5.91 Å². The van der Waals surface area contributed by atoms with Crippen molar-refractivity contribution in [1.29, 1.82) is 0 Å². The molecule has 20 heavy (non-hydrogen) atoms. The number of nitrogen functional groups attached to an aromatic ring is 1. The Morgan fingerprint density at radius 1 is 1.40 bits per heavy atom. The first-order valence-corrected chi connectivity index (χ1v) is 6.62. The number of hydrogen-bond acceptors (Lipinski definition) is 5. The highest BCUT2D eigenvalue weighted by Gasteiger charge is 2.20. The number of ether oxygens (including phenoxy) is 2. The standard InChI is InChI=1S/C14H21N3O3/c1-9(4-5-17(2)3)16-14(18)10-6-12-13(7-11(10)15)20-8-19-12/h6-7,9H,4-5,8,15H2,1-3H3,(H,16,18). The summed E-state index contributed by atoms with van der Waals surface area (Å²) in [6, 6.07) is 3.34. The van der Waals surface area contributed by atoms with Gasteiger partial charge in [0.05, 0.1) is 5.56 Å². The van der Waals surface area contributed by atoms with Gasteiger partial charge in [0.1, 0.15) is 0 Å². The number of rotatable bonds is 5. The van der Waals surface area contributed by atoms with Crippen molar-refractivity contribution < 1.29 is 14.3 Å². The van der Waals surface area contributed by atoms with Crippen LogP contribution < -0.4 is 20.5 Å². The first kappa shape index (κ1) is 14.5. The van der Waals surface area contributed by atoms with Gasteiger partial charge >= 0.3 is 0 Å². The van der Waals surface area contributed by atoms with E-state index < -0.39 is 0 Å². The van der Waals surface area contributed by atoms with Gasteiger partial charge in [-0.15, -0.1) is 0 Å². The molecular weight excluding hydrogens is 258 g/mol. The lowest BCUT2D eigenvalue weighted by Crippen LogP contribution is -2.35. The average Bonchev–Trinajstić information content (AvgIpc) is 2.82. The van der Waals surface area contributed by atoms with Crippen LogP contribution in [0.15, 0.2) is 12.1 Å². The molecule has 0 bridgehead atoms. The summed E-state index contributed by atoms with van der Waals surface area (Å²) in [6.45, 7) is 3.06. The third-order valence-corrected chi connectivity index (χ3v) is 3.18. The van der Waals surface area contributed by atoms with Gasteiger partial charge in [-0.25, -0.2) is 0 Å². The Kier molecular flexibility index (Phi) is 4.34. The van der Waals surface area contributed by atoms with Crippen LogP contribution in [0.25, 0.3) is 0 Å². The lowest BCUT2D eigenvalue weighted by atomic mass is 10.1. The first-order chi connectivity index (χ1) is 9.47. The summed E-state index contributed by atoms with van der Waals surface area (Å²) in [6.07, 6.45) is 0.878. The maximum atomic E-state index is 12.2. The van der Waals surface area contributed by atoms with Crippen molar-refractivity contribution in [2.24, 2.45) is 0 Å². The van der Waals surface area contributed by atoms with Gasteiger partial charge in [-0.2, -0.15) is 0 Å². The van der Waals surface area contributed by atoms with Gasteiger partial charge in [0.15, 0.2) is 11.5 Å². The molecule has 0 aromatic heterocycles. The normalized spacial score (nSPS) is 14.4. The second-order valence-corrected chi connectivity index (χ2v) is 5.26. The Balaban J connectivity index is 2.02. The van der Waals surface area contributed by atoms with Gasteiger partial charge in [-0.05, 0) is 40.1 Å². The number of carbonyl (C=O) groups excluding carboxylic acids is 1. The van der Waals surface area contributed by atoms with E-state index in [1.54, 1.807) is 12.1 Å². The van der Waals surface area contributed by atoms with E-state index in [9.17, 15) is 4.79 Å². The van der Waals surface area contributed by atoms with Crippen molar-refractivity contribution in [1.82, 2.24) is 10.2 Å². The van der Waals surface area contributed by atoms with E-state index in [2.05, 4.69) is 10.2 Å². The molecule has 0 saturated heterocycles. The Morgan fingerprint density at radius 3 is 2.70 bits per heavy atom. The van der Waals surface area contributed by atoms with E-state index in [1.807, 2.05) is 21.0 Å². The lowest BCUT2D eigenvalue weighted by molar-refractivity contribution is 0.0937. The topological polar surface area (TPSA) is 76.8 Å². The van der Waals surface area contributed by atoms with E-state index in [-0.39, 0.29) is 18.7 Å². The minimum Gasteiger partial charge on any atom is -0.454 e. The third-order valence-electron chi connectivity index (χ3n) is 3.18. The average molecular weight is 279 g/mol. The molecule has 6 nitrogen and oxygen atoms in total. The number of amides is 1. The molecule has 2 rings (SSSR count). The summed E-state index contributed by atoms with van der Waals surface area (Å²) in [5.41, 5.74) is 6.70. The zero-order chi connectivity index (χ0) is 14.7. The highest BCUT2D eigenvalue weighted by molar-refractivity contribution is 6.00. The molecule has 1 amide bonds. The molecule has 0 aliphatic carbocycles. The maximum Gasteiger partial charge on any atom is 0.253 e. The highest BCUT2D eigenvalue weighted by Crippen LogP contribution is 2.35. The molecular formula is C14H21N3O3. The monoisotopic (exact) mass is 279 g/mol. The van der Waals surface area contributed by atoms with Gasteiger partial charge < -0.3 is 25.4 Å². The van der Waals surface area contributed by atoms with Gasteiger partial charge in [0, 0.05) is 17.8 Å². The predicted molar refractivity (Wildman–Crippen MR) is 77.1 cm³/mol. The minimum absolute atomic E-state index is 0.0784. The summed E-state index contributed by atoms with van der Waals surface area (Å²) in [4.78, 5) is 14.3. The zero-order valence-electron chi connectivity index (χ0n) is 12.1. The van der Waals surface area contributed by atoms with Crippen molar-refractivity contribution in [3.05, 3.63) is 17.7 Å². The Bertz CT molecular complexity index is 503. The van der Waals surface area contributed by atoms with Crippen LogP contribution in [0.1, 0.15) is 23.7 Å². The van der Waals surface area contributed by atoms with Crippen molar-refractivity contribution in [3.63, 3.8) is 0 Å². The van der Waals surface area contributed by atoms with Gasteiger partial charge in [-0.3, -0.25) is 4.79 Å². The SMILES string of the molecule is CC(CCN(C)C)NC(=O)c1cc2c(cc1N)OCO2. The Labute approximate surface area is 118 Å². The van der Waals surface area contributed by atoms with Gasteiger partial charge in [0.2, 0.25) is 6.79 Å². The quantitative estimate of drug-likeness (QED) is 0.788. The van der Waals surface area contributed by atoms with Crippen LogP contribution in [0.3, 0.4) is 0 Å². The maximum absolute atomic E-state index is 12.2. The number of hydrogen-bond donors (Lipinski definition) is 2. The molecule has 1 aliphatic rings. The van der Waals surface area contributed by atoms with Gasteiger partial charge in [-0.1, -0.05) is 0 Å². The molecule has 0 saturated carbocycles. The summed E-state index contributed by atoms with van der Waals surface area (Å²) in [7, 11) is 4.01. The summed E-state index contributed by atoms with van der Waals surface area (Å²) < 4.78 is 10.5. The van der Waals surface area contributed by atoms with Crippen LogP contribution in [-0.2, 0) is 0 Å². The fourth-order valence-electron chi connectivity index (χ4n) is 1.98. The molecule has 1 atom stereocenters. The molecule has 1 aromatic rings. The van der Waals surface area contributed by atoms with Crippen LogP contribution in [0, 0.1) is 0 Å². The van der Waals surface area contributed by atoms with Crippen LogP contribution in [0.2, 0.25) is 0 Å². The first-order valence-electron chi connectivity index (χ1n) is 6.62. The molecule has 6 heteroatoms. The number of nitrogens with zero attached hydrogens (tertiary/aromatic N) is 1. The summed E-state index contributed by atoms with van der Waals surface area (Å²) >= 11 is 0. The van der Waals surface area contributed by atoms with Crippen LogP contribution in [-0.4, -0.2) is 44.3 Å². The van der Waals surface area contributed by atoms with E-state index in [0.29, 0.717) is 22.7 Å². The number of carbonyl (C=O) groups is 1. The molecule has 1 aliphatic heterocycles. The number of nitrogens with two attached hydrogens (primary N) is 1. The van der Waals surface area contributed by atoms with Crippen molar-refractivity contribution >= 4 is 11.6 Å². The van der Waals surface area contributed by atoms with E-state index in [4.69, 9.17) is 15.2 Å². The number of anilines is 1. The zero-order valence-corrected chi connectivity index (χ0v) is 12.1. The van der Waals surface area contributed by atoms with Crippen molar-refractivity contribution in [2.45, 2.75) is 19.4 Å². The molecule has 0 spiro atoms. The molecule has 110 valence electrons. The Morgan fingerprint density at radius 2 is 2.05 bits per heavy atom. The molecule has 0 radical (unpaired) electrons. The third kappa shape index (κ3) is 3.33. The smallest absolute Gasteiger partial charge is 0.253 e. The molecule has 1 aromatic carbocycles. The van der Waals surface area contributed by atoms with E-state index >= 15 is 0 Å². The van der Waals surface area contributed by atoms with Crippen LogP contribution in [0.5, 0.6) is 11.5 Å². The molecule has 1 unspecified atom stereocenters. The van der Waals surface area contributed by atoms with Crippen molar-refractivity contribution in [3.8, 4) is 11.5 Å². The van der Waals surface area contributed by atoms with Crippen molar-refractivity contribution in [2.75, 3.05) is 33.2 Å². The van der Waals surface area contributed by atoms with Crippen LogP contribution in [0.4, 0.5) is 5.69 Å². The number of nitrogens with one attached hydrogen (secondary N) is 1. The second kappa shape index (κ2) is 6.00. The largest absolute Gasteiger partial charge is 0.454 e. The molecule has 1 heterocycles.